The highest BCUT2D eigenvalue weighted by Gasteiger charge is 2.11. The highest BCUT2D eigenvalue weighted by molar-refractivity contribution is 6.08. The average Bonchev–Trinajstić information content (AvgIpc) is 2.78. The number of aromatic nitrogens is 3. The zero-order valence-electron chi connectivity index (χ0n) is 10.1. The summed E-state index contributed by atoms with van der Waals surface area (Å²) in [6.45, 7) is 4.81. The molecule has 0 fully saturated rings. The van der Waals surface area contributed by atoms with Crippen LogP contribution < -0.4 is 0 Å². The molecule has 0 bridgehead atoms. The first-order valence-corrected chi connectivity index (χ1v) is 5.70. The van der Waals surface area contributed by atoms with Gasteiger partial charge in [0, 0.05) is 30.2 Å². The van der Waals surface area contributed by atoms with Crippen LogP contribution in [0.1, 0.15) is 35.0 Å². The second-order valence-corrected chi connectivity index (χ2v) is 4.01. The number of ketones is 1. The first-order valence-electron chi connectivity index (χ1n) is 5.70. The van der Waals surface area contributed by atoms with E-state index >= 15 is 0 Å². The molecule has 0 N–H and O–H groups in total. The first kappa shape index (κ1) is 11.5. The van der Waals surface area contributed by atoms with Gasteiger partial charge in [-0.1, -0.05) is 6.92 Å². The lowest BCUT2D eigenvalue weighted by Crippen LogP contribution is -2.01. The van der Waals surface area contributed by atoms with Crippen molar-refractivity contribution in [1.82, 2.24) is 14.8 Å². The van der Waals surface area contributed by atoms with Crippen molar-refractivity contribution in [3.05, 3.63) is 47.5 Å². The number of pyridine rings is 1. The zero-order valence-corrected chi connectivity index (χ0v) is 10.1. The molecule has 2 heterocycles. The minimum Gasteiger partial charge on any atom is -0.288 e. The lowest BCUT2D eigenvalue weighted by atomic mass is 10.1. The molecule has 4 nitrogen and oxygen atoms in total. The number of carbonyl (C=O) groups is 1. The van der Waals surface area contributed by atoms with Gasteiger partial charge in [-0.15, -0.1) is 0 Å². The van der Waals surface area contributed by atoms with Gasteiger partial charge in [0.05, 0.1) is 11.8 Å². The van der Waals surface area contributed by atoms with Crippen molar-refractivity contribution in [1.29, 1.82) is 0 Å². The van der Waals surface area contributed by atoms with Crippen LogP contribution in [0.5, 0.6) is 0 Å². The van der Waals surface area contributed by atoms with Gasteiger partial charge in [0.1, 0.15) is 0 Å². The van der Waals surface area contributed by atoms with Crippen molar-refractivity contribution in [2.24, 2.45) is 0 Å². The molecular formula is C13H15N3O. The number of carbonyl (C=O) groups excluding carboxylic acids is 1. The summed E-state index contributed by atoms with van der Waals surface area (Å²) in [5.74, 6) is -0.0279. The number of rotatable bonds is 4. The maximum Gasteiger partial charge on any atom is 0.197 e. The molecule has 0 aliphatic carbocycles. The van der Waals surface area contributed by atoms with Crippen LogP contribution in [0.2, 0.25) is 0 Å². The summed E-state index contributed by atoms with van der Waals surface area (Å²) in [7, 11) is 0. The van der Waals surface area contributed by atoms with Crippen molar-refractivity contribution in [2.45, 2.75) is 26.8 Å². The van der Waals surface area contributed by atoms with Gasteiger partial charge in [-0.3, -0.25) is 14.5 Å². The third kappa shape index (κ3) is 2.58. The Morgan fingerprint density at radius 1 is 1.29 bits per heavy atom. The molecule has 0 aromatic carbocycles. The summed E-state index contributed by atoms with van der Waals surface area (Å²) >= 11 is 0. The van der Waals surface area contributed by atoms with E-state index in [-0.39, 0.29) is 5.78 Å². The second kappa shape index (κ2) is 4.91. The number of nitrogens with zero attached hydrogens (tertiary/aromatic N) is 3. The molecule has 0 aliphatic rings. The van der Waals surface area contributed by atoms with E-state index in [0.29, 0.717) is 11.1 Å². The zero-order chi connectivity index (χ0) is 12.3. The van der Waals surface area contributed by atoms with Crippen LogP contribution in [0.4, 0.5) is 0 Å². The van der Waals surface area contributed by atoms with E-state index in [4.69, 9.17) is 0 Å². The summed E-state index contributed by atoms with van der Waals surface area (Å²) in [4.78, 5) is 16.2. The topological polar surface area (TPSA) is 47.8 Å². The third-order valence-electron chi connectivity index (χ3n) is 2.52. The summed E-state index contributed by atoms with van der Waals surface area (Å²) in [5, 5.41) is 4.15. The summed E-state index contributed by atoms with van der Waals surface area (Å²) in [5.41, 5.74) is 2.12. The third-order valence-corrected chi connectivity index (χ3v) is 2.52. The van der Waals surface area contributed by atoms with Crippen molar-refractivity contribution in [2.75, 3.05) is 0 Å². The molecule has 2 rings (SSSR count). The van der Waals surface area contributed by atoms with Gasteiger partial charge in [-0.25, -0.2) is 0 Å². The lowest BCUT2D eigenvalue weighted by molar-refractivity contribution is 0.103. The standard InChI is InChI=1S/C13H15N3O/c1-3-6-16-9-12(8-15-16)13(17)11-5-4-10(2)14-7-11/h4-5,7-9H,3,6H2,1-2H3. The van der Waals surface area contributed by atoms with E-state index in [0.717, 1.165) is 18.7 Å². The van der Waals surface area contributed by atoms with E-state index in [1.807, 2.05) is 13.0 Å². The molecule has 0 spiro atoms. The van der Waals surface area contributed by atoms with Crippen molar-refractivity contribution in [3.8, 4) is 0 Å². The van der Waals surface area contributed by atoms with Gasteiger partial charge in [0.25, 0.3) is 0 Å². The Bertz CT molecular complexity index is 514. The van der Waals surface area contributed by atoms with Crippen LogP contribution >= 0.6 is 0 Å². The fraction of sp³-hybridized carbons (Fsp3) is 0.308. The normalized spacial score (nSPS) is 10.5. The number of hydrogen-bond donors (Lipinski definition) is 0. The Morgan fingerprint density at radius 2 is 2.12 bits per heavy atom. The van der Waals surface area contributed by atoms with Crippen molar-refractivity contribution < 1.29 is 4.79 Å². The molecule has 0 unspecified atom stereocenters. The van der Waals surface area contributed by atoms with Crippen molar-refractivity contribution in [3.63, 3.8) is 0 Å². The fourth-order valence-electron chi connectivity index (χ4n) is 1.60. The molecule has 0 radical (unpaired) electrons. The molecule has 2 aromatic rings. The molecule has 0 amide bonds. The van der Waals surface area contributed by atoms with E-state index in [2.05, 4.69) is 17.0 Å². The predicted molar refractivity (Wildman–Crippen MR) is 64.9 cm³/mol. The monoisotopic (exact) mass is 229 g/mol. The SMILES string of the molecule is CCCn1cc(C(=O)c2ccc(C)nc2)cn1. The Labute approximate surface area is 100 Å². The van der Waals surface area contributed by atoms with Gasteiger partial charge < -0.3 is 0 Å². The molecule has 0 aliphatic heterocycles. The van der Waals surface area contributed by atoms with E-state index in [9.17, 15) is 4.79 Å². The van der Waals surface area contributed by atoms with Crippen molar-refractivity contribution >= 4 is 5.78 Å². The maximum atomic E-state index is 12.1. The summed E-state index contributed by atoms with van der Waals surface area (Å²) in [6, 6.07) is 3.63. The quantitative estimate of drug-likeness (QED) is 0.755. The van der Waals surface area contributed by atoms with E-state index in [1.165, 1.54) is 0 Å². The molecular weight excluding hydrogens is 214 g/mol. The Kier molecular flexibility index (Phi) is 3.32. The molecule has 4 heteroatoms. The van der Waals surface area contributed by atoms with Crippen LogP contribution in [0.3, 0.4) is 0 Å². The summed E-state index contributed by atoms with van der Waals surface area (Å²) in [6.07, 6.45) is 6.00. The van der Waals surface area contributed by atoms with E-state index < -0.39 is 0 Å². The number of hydrogen-bond acceptors (Lipinski definition) is 3. The molecule has 0 saturated carbocycles. The number of aryl methyl sites for hydroxylation is 2. The molecule has 2 aromatic heterocycles. The van der Waals surface area contributed by atoms with Crippen LogP contribution in [-0.4, -0.2) is 20.5 Å². The highest BCUT2D eigenvalue weighted by atomic mass is 16.1. The van der Waals surface area contributed by atoms with E-state index in [1.54, 1.807) is 29.3 Å². The van der Waals surface area contributed by atoms with Gasteiger partial charge in [0.2, 0.25) is 0 Å². The average molecular weight is 229 g/mol. The Hall–Kier alpha value is -1.97. The van der Waals surface area contributed by atoms with Gasteiger partial charge in [-0.2, -0.15) is 5.10 Å². The largest absolute Gasteiger partial charge is 0.288 e. The first-order chi connectivity index (χ1) is 8.20. The predicted octanol–water partition coefficient (Wildman–Crippen LogP) is 2.23. The van der Waals surface area contributed by atoms with Crippen LogP contribution in [-0.2, 0) is 6.54 Å². The van der Waals surface area contributed by atoms with Crippen LogP contribution in [0, 0.1) is 6.92 Å². The van der Waals surface area contributed by atoms with Gasteiger partial charge in [-0.05, 0) is 25.5 Å². The lowest BCUT2D eigenvalue weighted by Gasteiger charge is -1.98. The Morgan fingerprint density at radius 3 is 2.76 bits per heavy atom. The molecule has 17 heavy (non-hydrogen) atoms. The van der Waals surface area contributed by atoms with Gasteiger partial charge in [0.15, 0.2) is 5.78 Å². The fourth-order valence-corrected chi connectivity index (χ4v) is 1.60. The summed E-state index contributed by atoms with van der Waals surface area (Å²) < 4.78 is 1.79. The maximum absolute atomic E-state index is 12.1. The van der Waals surface area contributed by atoms with Crippen LogP contribution in [0.15, 0.2) is 30.7 Å². The second-order valence-electron chi connectivity index (χ2n) is 4.01. The molecule has 0 atom stereocenters. The van der Waals surface area contributed by atoms with Crippen LogP contribution in [0.25, 0.3) is 0 Å². The minimum absolute atomic E-state index is 0.0279. The Balaban J connectivity index is 2.21. The molecule has 88 valence electrons. The molecule has 0 saturated heterocycles. The minimum atomic E-state index is -0.0279. The smallest absolute Gasteiger partial charge is 0.197 e. The highest BCUT2D eigenvalue weighted by Crippen LogP contribution is 2.08. The van der Waals surface area contributed by atoms with Gasteiger partial charge >= 0.3 is 0 Å².